The van der Waals surface area contributed by atoms with Crippen LogP contribution in [0.1, 0.15) is 111 Å². The van der Waals surface area contributed by atoms with Gasteiger partial charge < -0.3 is 9.05 Å². The van der Waals surface area contributed by atoms with Crippen molar-refractivity contribution < 1.29 is 9.05 Å². The fourth-order valence-corrected chi connectivity index (χ4v) is 5.86. The van der Waals surface area contributed by atoms with Gasteiger partial charge in [0.2, 0.25) is 0 Å². The monoisotopic (exact) mass is 532 g/mol. The van der Waals surface area contributed by atoms with Crippen LogP contribution in [0.3, 0.4) is 0 Å². The van der Waals surface area contributed by atoms with E-state index in [0.717, 1.165) is 16.8 Å². The minimum absolute atomic E-state index is 0.0598. The molecule has 0 aliphatic carbocycles. The van der Waals surface area contributed by atoms with Gasteiger partial charge in [-0.25, -0.2) is 0 Å². The van der Waals surface area contributed by atoms with Crippen LogP contribution in [0, 0.1) is 6.92 Å². The van der Waals surface area contributed by atoms with Gasteiger partial charge in [0.1, 0.15) is 11.5 Å². The van der Waals surface area contributed by atoms with Gasteiger partial charge in [0, 0.05) is 16.7 Å². The Bertz CT molecular complexity index is 1210. The van der Waals surface area contributed by atoms with Crippen LogP contribution in [0.5, 0.6) is 11.5 Å². The molecule has 0 N–H and O–H groups in total. The third-order valence-corrected chi connectivity index (χ3v) is 8.26. The van der Waals surface area contributed by atoms with Gasteiger partial charge in [0.15, 0.2) is 0 Å². The molecule has 0 bridgehead atoms. The third-order valence-electron chi connectivity index (χ3n) is 6.83. The molecular formula is C35H49O2P. The first-order valence-electron chi connectivity index (χ1n) is 13.8. The first-order chi connectivity index (χ1) is 17.3. The quantitative estimate of drug-likeness (QED) is 0.304. The van der Waals surface area contributed by atoms with Crippen LogP contribution in [0.4, 0.5) is 0 Å². The van der Waals surface area contributed by atoms with E-state index in [1.807, 2.05) is 6.07 Å². The van der Waals surface area contributed by atoms with Crippen molar-refractivity contribution in [2.24, 2.45) is 0 Å². The number of benzene rings is 3. The summed E-state index contributed by atoms with van der Waals surface area (Å²) in [5.74, 6) is 1.84. The van der Waals surface area contributed by atoms with Crippen LogP contribution in [0.15, 0.2) is 60.7 Å². The maximum absolute atomic E-state index is 7.08. The van der Waals surface area contributed by atoms with Crippen LogP contribution < -0.4 is 14.4 Å². The standard InChI is InChI=1S/C35H49O2P/c1-24-21-28(34(8,9)10)31(29(22-24)35(11,12)13)37-38(26-17-15-14-16-18-26)36-30-20-19-25(32(2,3)4)23-27(30)33(5,6)7/h14-23H,1-13H3. The molecule has 0 saturated heterocycles. The summed E-state index contributed by atoms with van der Waals surface area (Å²) in [7, 11) is -1.45. The summed E-state index contributed by atoms with van der Waals surface area (Å²) in [5, 5.41) is 1.06. The predicted octanol–water partition coefficient (Wildman–Crippen LogP) is 10.3. The average molecular weight is 533 g/mol. The van der Waals surface area contributed by atoms with Crippen LogP contribution in [0.2, 0.25) is 0 Å². The number of aryl methyl sites for hydroxylation is 1. The molecule has 0 saturated carbocycles. The number of rotatable bonds is 5. The highest BCUT2D eigenvalue weighted by Gasteiger charge is 2.32. The van der Waals surface area contributed by atoms with Crippen molar-refractivity contribution in [2.45, 2.75) is 112 Å². The van der Waals surface area contributed by atoms with Gasteiger partial charge in [-0.15, -0.1) is 0 Å². The summed E-state index contributed by atoms with van der Waals surface area (Å²) in [6.07, 6.45) is 0. The summed E-state index contributed by atoms with van der Waals surface area (Å²) < 4.78 is 14.0. The van der Waals surface area contributed by atoms with E-state index >= 15 is 0 Å². The van der Waals surface area contributed by atoms with E-state index in [0.29, 0.717) is 0 Å². The second-order valence-electron chi connectivity index (χ2n) is 14.7. The zero-order valence-corrected chi connectivity index (χ0v) is 26.9. The number of hydrogen-bond donors (Lipinski definition) is 0. The van der Waals surface area contributed by atoms with Gasteiger partial charge in [-0.2, -0.15) is 0 Å². The maximum Gasteiger partial charge on any atom is 0.326 e. The van der Waals surface area contributed by atoms with Crippen LogP contribution in [0.25, 0.3) is 0 Å². The van der Waals surface area contributed by atoms with Gasteiger partial charge in [0.05, 0.1) is 5.30 Å². The molecule has 0 aliphatic rings. The second-order valence-corrected chi connectivity index (χ2v) is 16.1. The lowest BCUT2D eigenvalue weighted by Gasteiger charge is -2.33. The highest BCUT2D eigenvalue weighted by Crippen LogP contribution is 2.49. The van der Waals surface area contributed by atoms with Crippen molar-refractivity contribution in [3.05, 3.63) is 88.5 Å². The topological polar surface area (TPSA) is 18.5 Å². The lowest BCUT2D eigenvalue weighted by atomic mass is 9.78. The lowest BCUT2D eigenvalue weighted by molar-refractivity contribution is 0.453. The molecule has 1 atom stereocenters. The Hall–Kier alpha value is -2.31. The Morgan fingerprint density at radius 1 is 0.526 bits per heavy atom. The molecule has 0 fully saturated rings. The fourth-order valence-electron chi connectivity index (χ4n) is 4.49. The molecular weight excluding hydrogens is 483 g/mol. The molecule has 0 aliphatic heterocycles. The van der Waals surface area contributed by atoms with Crippen molar-refractivity contribution in [2.75, 3.05) is 0 Å². The minimum Gasteiger partial charge on any atom is -0.435 e. The molecule has 0 heterocycles. The van der Waals surface area contributed by atoms with Crippen molar-refractivity contribution in [3.63, 3.8) is 0 Å². The van der Waals surface area contributed by atoms with Crippen molar-refractivity contribution in [3.8, 4) is 11.5 Å². The lowest BCUT2D eigenvalue weighted by Crippen LogP contribution is -2.22. The van der Waals surface area contributed by atoms with Crippen molar-refractivity contribution in [1.29, 1.82) is 0 Å². The van der Waals surface area contributed by atoms with E-state index in [2.05, 4.69) is 145 Å². The SMILES string of the molecule is Cc1cc(C(C)(C)C)c(OP(Oc2ccc(C(C)(C)C)cc2C(C)(C)C)c2ccccc2)c(C(C)(C)C)c1. The van der Waals surface area contributed by atoms with Crippen molar-refractivity contribution >= 4 is 13.7 Å². The van der Waals surface area contributed by atoms with E-state index in [1.165, 1.54) is 27.8 Å². The van der Waals surface area contributed by atoms with E-state index in [9.17, 15) is 0 Å². The highest BCUT2D eigenvalue weighted by atomic mass is 31.2. The Labute approximate surface area is 234 Å². The average Bonchev–Trinajstić information content (AvgIpc) is 2.77. The number of hydrogen-bond acceptors (Lipinski definition) is 2. The normalized spacial score (nSPS) is 13.8. The molecule has 2 nitrogen and oxygen atoms in total. The molecule has 0 amide bonds. The molecule has 38 heavy (non-hydrogen) atoms. The van der Waals surface area contributed by atoms with Gasteiger partial charge in [0.25, 0.3) is 0 Å². The van der Waals surface area contributed by atoms with E-state index in [4.69, 9.17) is 9.05 Å². The third kappa shape index (κ3) is 7.20. The summed E-state index contributed by atoms with van der Waals surface area (Å²) in [4.78, 5) is 0. The fraction of sp³-hybridized carbons (Fsp3) is 0.486. The Morgan fingerprint density at radius 2 is 1.03 bits per heavy atom. The van der Waals surface area contributed by atoms with Gasteiger partial charge in [-0.05, 0) is 52.3 Å². The second kappa shape index (κ2) is 10.7. The molecule has 3 aromatic carbocycles. The molecule has 1 unspecified atom stereocenters. The smallest absolute Gasteiger partial charge is 0.326 e. The molecule has 3 rings (SSSR count). The zero-order valence-electron chi connectivity index (χ0n) is 26.0. The molecule has 206 valence electrons. The summed E-state index contributed by atoms with van der Waals surface area (Å²) in [6, 6.07) is 21.6. The first kappa shape index (κ1) is 30.2. The van der Waals surface area contributed by atoms with Crippen LogP contribution in [-0.2, 0) is 21.7 Å². The zero-order chi connectivity index (χ0) is 28.7. The Balaban J connectivity index is 2.22. The molecule has 0 aromatic heterocycles. The molecule has 0 radical (unpaired) electrons. The molecule has 0 spiro atoms. The molecule has 3 aromatic rings. The Kier molecular flexibility index (Phi) is 8.51. The minimum atomic E-state index is -1.45. The maximum atomic E-state index is 7.08. The van der Waals surface area contributed by atoms with Gasteiger partial charge in [-0.3, -0.25) is 0 Å². The van der Waals surface area contributed by atoms with E-state index in [-0.39, 0.29) is 21.7 Å². The summed E-state index contributed by atoms with van der Waals surface area (Å²) in [6.45, 7) is 29.3. The van der Waals surface area contributed by atoms with Gasteiger partial charge in [-0.1, -0.05) is 131 Å². The van der Waals surface area contributed by atoms with Crippen molar-refractivity contribution in [1.82, 2.24) is 0 Å². The van der Waals surface area contributed by atoms with Crippen LogP contribution >= 0.6 is 8.38 Å². The highest BCUT2D eigenvalue weighted by molar-refractivity contribution is 7.56. The summed E-state index contributed by atoms with van der Waals surface area (Å²) in [5.41, 5.74) is 6.02. The summed E-state index contributed by atoms with van der Waals surface area (Å²) >= 11 is 0. The predicted molar refractivity (Wildman–Crippen MR) is 167 cm³/mol. The van der Waals surface area contributed by atoms with Crippen LogP contribution in [-0.4, -0.2) is 0 Å². The largest absolute Gasteiger partial charge is 0.435 e. The Morgan fingerprint density at radius 3 is 1.47 bits per heavy atom. The van der Waals surface area contributed by atoms with Gasteiger partial charge >= 0.3 is 8.38 Å². The first-order valence-corrected chi connectivity index (χ1v) is 15.0. The molecule has 3 heteroatoms. The van der Waals surface area contributed by atoms with E-state index < -0.39 is 8.38 Å². The van der Waals surface area contributed by atoms with E-state index in [1.54, 1.807) is 0 Å².